The fourth-order valence-electron chi connectivity index (χ4n) is 1.89. The van der Waals surface area contributed by atoms with E-state index in [4.69, 9.17) is 5.11 Å². The molecule has 21 heavy (non-hydrogen) atoms. The van der Waals surface area contributed by atoms with E-state index in [1.54, 1.807) is 0 Å². The number of aliphatic hydroxyl groups excluding tert-OH is 1. The lowest BCUT2D eigenvalue weighted by molar-refractivity contribution is 0.253. The number of guanidine groups is 1. The maximum atomic E-state index is 9.07. The number of nitrogens with zero attached hydrogens (tertiary/aromatic N) is 1. The molecule has 1 unspecified atom stereocenters. The summed E-state index contributed by atoms with van der Waals surface area (Å²) in [5.74, 6) is 3.40. The zero-order valence-electron chi connectivity index (χ0n) is 13.4. The monoisotopic (exact) mass is 429 g/mol. The van der Waals surface area contributed by atoms with Gasteiger partial charge >= 0.3 is 0 Å². The molecule has 0 spiro atoms. The van der Waals surface area contributed by atoms with Gasteiger partial charge in [0.1, 0.15) is 0 Å². The summed E-state index contributed by atoms with van der Waals surface area (Å²) in [7, 11) is 0. The molecule has 0 rings (SSSR count). The predicted molar refractivity (Wildman–Crippen MR) is 107 cm³/mol. The molecule has 0 aromatic heterocycles. The molecule has 0 aromatic carbocycles. The Bertz CT molecular complexity index is 259. The van der Waals surface area contributed by atoms with Gasteiger partial charge in [-0.3, -0.25) is 4.99 Å². The molecule has 4 nitrogen and oxygen atoms in total. The van der Waals surface area contributed by atoms with E-state index in [0.29, 0.717) is 5.92 Å². The fourth-order valence-corrected chi connectivity index (χ4v) is 2.47. The zero-order chi connectivity index (χ0) is 15.1. The molecule has 0 aliphatic rings. The van der Waals surface area contributed by atoms with Crippen LogP contribution < -0.4 is 10.6 Å². The molecule has 0 radical (unpaired) electrons. The lowest BCUT2D eigenvalue weighted by Crippen LogP contribution is -2.38. The third kappa shape index (κ3) is 14.7. The number of rotatable bonds is 12. The Morgan fingerprint density at radius 2 is 2.10 bits per heavy atom. The summed E-state index contributed by atoms with van der Waals surface area (Å²) in [4.78, 5) is 4.62. The molecule has 0 fully saturated rings. The molecule has 0 bridgehead atoms. The molecule has 0 amide bonds. The minimum Gasteiger partial charge on any atom is -0.396 e. The number of aliphatic hydroxyl groups is 1. The second-order valence-electron chi connectivity index (χ2n) is 4.68. The molecule has 0 aliphatic heterocycles. The first-order chi connectivity index (χ1) is 9.78. The Kier molecular flexibility index (Phi) is 20.1. The molecule has 1 atom stereocenters. The van der Waals surface area contributed by atoms with E-state index in [0.717, 1.165) is 56.4 Å². The molecule has 126 valence electrons. The Morgan fingerprint density at radius 1 is 1.33 bits per heavy atom. The first-order valence-electron chi connectivity index (χ1n) is 7.60. The Labute approximate surface area is 151 Å². The highest BCUT2D eigenvalue weighted by molar-refractivity contribution is 14.0. The van der Waals surface area contributed by atoms with E-state index >= 15 is 0 Å². The van der Waals surface area contributed by atoms with E-state index in [2.05, 4.69) is 36.1 Å². The van der Waals surface area contributed by atoms with Gasteiger partial charge in [-0.25, -0.2) is 0 Å². The fraction of sp³-hybridized carbons (Fsp3) is 0.800. The van der Waals surface area contributed by atoms with Crippen molar-refractivity contribution in [1.82, 2.24) is 10.6 Å². The van der Waals surface area contributed by atoms with Crippen LogP contribution >= 0.6 is 35.7 Å². The summed E-state index contributed by atoms with van der Waals surface area (Å²) in [5.41, 5.74) is 0. The average molecular weight is 429 g/mol. The second kappa shape index (κ2) is 18.1. The van der Waals surface area contributed by atoms with E-state index in [-0.39, 0.29) is 30.6 Å². The minimum absolute atomic E-state index is 0. The van der Waals surface area contributed by atoms with Gasteiger partial charge < -0.3 is 15.7 Å². The van der Waals surface area contributed by atoms with Crippen molar-refractivity contribution in [3.8, 4) is 0 Å². The van der Waals surface area contributed by atoms with Crippen molar-refractivity contribution >= 4 is 41.7 Å². The number of aliphatic imine (C=N–C) groups is 1. The molecular weight excluding hydrogens is 397 g/mol. The summed E-state index contributed by atoms with van der Waals surface area (Å²) >= 11 is 1.86. The van der Waals surface area contributed by atoms with Gasteiger partial charge in [0.25, 0.3) is 0 Å². The Morgan fingerprint density at radius 3 is 2.67 bits per heavy atom. The SMILES string of the molecule is C=CCSCCNC(=NCC(CCC)CCO)NCC.I. The quantitative estimate of drug-likeness (QED) is 0.147. The van der Waals surface area contributed by atoms with Crippen molar-refractivity contribution in [1.29, 1.82) is 0 Å². The van der Waals surface area contributed by atoms with Gasteiger partial charge in [-0.05, 0) is 25.7 Å². The van der Waals surface area contributed by atoms with E-state index < -0.39 is 0 Å². The molecule has 0 saturated carbocycles. The van der Waals surface area contributed by atoms with Crippen LogP contribution in [0.1, 0.15) is 33.1 Å². The Hall–Kier alpha value is 0.0500. The smallest absolute Gasteiger partial charge is 0.191 e. The van der Waals surface area contributed by atoms with Crippen LogP contribution in [0.25, 0.3) is 0 Å². The van der Waals surface area contributed by atoms with E-state index in [9.17, 15) is 0 Å². The third-order valence-electron chi connectivity index (χ3n) is 2.86. The predicted octanol–water partition coefficient (Wildman–Crippen LogP) is 2.88. The van der Waals surface area contributed by atoms with Crippen molar-refractivity contribution in [2.45, 2.75) is 33.1 Å². The van der Waals surface area contributed by atoms with Crippen molar-refractivity contribution < 1.29 is 5.11 Å². The van der Waals surface area contributed by atoms with Gasteiger partial charge in [0, 0.05) is 37.7 Å². The normalized spacial score (nSPS) is 12.4. The molecule has 6 heteroatoms. The summed E-state index contributed by atoms with van der Waals surface area (Å²) < 4.78 is 0. The average Bonchev–Trinajstić information content (AvgIpc) is 2.44. The van der Waals surface area contributed by atoms with E-state index in [1.165, 1.54) is 0 Å². The van der Waals surface area contributed by atoms with Gasteiger partial charge in [0.15, 0.2) is 5.96 Å². The standard InChI is InChI=1S/C15H31N3OS.HI/c1-4-7-14(8-10-19)13-18-15(16-6-3)17-9-12-20-11-5-2;/h5,14,19H,2,4,6-13H2,1,3H3,(H2,16,17,18);1H. The van der Waals surface area contributed by atoms with Crippen LogP contribution in [0.4, 0.5) is 0 Å². The van der Waals surface area contributed by atoms with Gasteiger partial charge in [-0.15, -0.1) is 30.6 Å². The van der Waals surface area contributed by atoms with Crippen LogP contribution in [0.3, 0.4) is 0 Å². The van der Waals surface area contributed by atoms with Gasteiger partial charge in [-0.2, -0.15) is 11.8 Å². The summed E-state index contributed by atoms with van der Waals surface area (Å²) in [6.07, 6.45) is 5.03. The molecule has 0 aliphatic carbocycles. The first kappa shape index (κ1) is 23.3. The number of halogens is 1. The molecule has 3 N–H and O–H groups in total. The summed E-state index contributed by atoms with van der Waals surface area (Å²) in [6.45, 7) is 10.8. The number of nitrogens with one attached hydrogen (secondary N) is 2. The zero-order valence-corrected chi connectivity index (χ0v) is 16.6. The van der Waals surface area contributed by atoms with Crippen molar-refractivity contribution in [2.24, 2.45) is 10.9 Å². The van der Waals surface area contributed by atoms with Gasteiger partial charge in [0.2, 0.25) is 0 Å². The topological polar surface area (TPSA) is 56.7 Å². The largest absolute Gasteiger partial charge is 0.396 e. The maximum absolute atomic E-state index is 9.07. The highest BCUT2D eigenvalue weighted by atomic mass is 127. The van der Waals surface area contributed by atoms with Gasteiger partial charge in [-0.1, -0.05) is 19.4 Å². The molecular formula is C15H32IN3OS. The molecule has 0 aromatic rings. The van der Waals surface area contributed by atoms with Crippen LogP contribution in [0.15, 0.2) is 17.6 Å². The summed E-state index contributed by atoms with van der Waals surface area (Å²) in [6, 6.07) is 0. The second-order valence-corrected chi connectivity index (χ2v) is 5.83. The van der Waals surface area contributed by atoms with Crippen LogP contribution in [-0.2, 0) is 0 Å². The van der Waals surface area contributed by atoms with Crippen LogP contribution in [0.5, 0.6) is 0 Å². The first-order valence-corrected chi connectivity index (χ1v) is 8.75. The summed E-state index contributed by atoms with van der Waals surface area (Å²) in [5, 5.41) is 15.7. The highest BCUT2D eigenvalue weighted by Crippen LogP contribution is 2.10. The highest BCUT2D eigenvalue weighted by Gasteiger charge is 2.07. The minimum atomic E-state index is 0. The number of hydrogen-bond acceptors (Lipinski definition) is 3. The number of thioether (sulfide) groups is 1. The Balaban J connectivity index is 0. The molecule has 0 saturated heterocycles. The molecule has 0 heterocycles. The van der Waals surface area contributed by atoms with Crippen molar-refractivity contribution in [3.05, 3.63) is 12.7 Å². The number of hydrogen-bond donors (Lipinski definition) is 3. The van der Waals surface area contributed by atoms with E-state index in [1.807, 2.05) is 17.8 Å². The van der Waals surface area contributed by atoms with Crippen LogP contribution in [-0.4, -0.2) is 48.8 Å². The van der Waals surface area contributed by atoms with Crippen LogP contribution in [0.2, 0.25) is 0 Å². The lowest BCUT2D eigenvalue weighted by Gasteiger charge is -2.15. The third-order valence-corrected chi connectivity index (χ3v) is 3.82. The van der Waals surface area contributed by atoms with Crippen molar-refractivity contribution in [3.63, 3.8) is 0 Å². The van der Waals surface area contributed by atoms with Gasteiger partial charge in [0.05, 0.1) is 0 Å². The lowest BCUT2D eigenvalue weighted by atomic mass is 10.0. The van der Waals surface area contributed by atoms with Crippen molar-refractivity contribution in [2.75, 3.05) is 37.7 Å². The maximum Gasteiger partial charge on any atom is 0.191 e. The van der Waals surface area contributed by atoms with Crippen LogP contribution in [0, 0.1) is 5.92 Å².